The number of para-hydroxylation sites is 1. The number of aryl methyl sites for hydroxylation is 1. The summed E-state index contributed by atoms with van der Waals surface area (Å²) in [5.74, 6) is 0.203. The van der Waals surface area contributed by atoms with Crippen LogP contribution in [0.3, 0.4) is 0 Å². The molecule has 1 aliphatic rings. The van der Waals surface area contributed by atoms with Crippen LogP contribution in [0.25, 0.3) is 10.9 Å². The number of halogens is 1. The maximum atomic E-state index is 12.8. The van der Waals surface area contributed by atoms with Gasteiger partial charge in [-0.3, -0.25) is 9.69 Å². The van der Waals surface area contributed by atoms with Gasteiger partial charge in [-0.25, -0.2) is 0 Å². The van der Waals surface area contributed by atoms with Crippen LogP contribution < -0.4 is 5.32 Å². The molecule has 1 saturated heterocycles. The fourth-order valence-corrected chi connectivity index (χ4v) is 5.17. The van der Waals surface area contributed by atoms with Crippen molar-refractivity contribution in [2.75, 3.05) is 18.4 Å². The molecule has 0 radical (unpaired) electrons. The predicted octanol–water partition coefficient (Wildman–Crippen LogP) is 6.50. The third-order valence-electron chi connectivity index (χ3n) is 6.76. The Morgan fingerprint density at radius 3 is 2.53 bits per heavy atom. The van der Waals surface area contributed by atoms with Crippen LogP contribution in [0.1, 0.15) is 29.7 Å². The van der Waals surface area contributed by atoms with E-state index in [4.69, 9.17) is 11.6 Å². The minimum Gasteiger partial charge on any atom is -0.339 e. The van der Waals surface area contributed by atoms with E-state index in [0.29, 0.717) is 0 Å². The van der Waals surface area contributed by atoms with Gasteiger partial charge in [0, 0.05) is 40.9 Å². The Balaban J connectivity index is 1.26. The lowest BCUT2D eigenvalue weighted by Crippen LogP contribution is -2.38. The molecule has 34 heavy (non-hydrogen) atoms. The third-order valence-corrected chi connectivity index (χ3v) is 6.99. The highest BCUT2D eigenvalue weighted by molar-refractivity contribution is 6.30. The van der Waals surface area contributed by atoms with Crippen LogP contribution in [-0.4, -0.2) is 28.5 Å². The second kappa shape index (κ2) is 10.0. The Morgan fingerprint density at radius 2 is 1.74 bits per heavy atom. The van der Waals surface area contributed by atoms with E-state index in [0.717, 1.165) is 55.3 Å². The van der Waals surface area contributed by atoms with Crippen LogP contribution in [-0.2, 0) is 17.9 Å². The zero-order valence-corrected chi connectivity index (χ0v) is 20.3. The van der Waals surface area contributed by atoms with Crippen LogP contribution in [0.5, 0.6) is 0 Å². The fourth-order valence-electron chi connectivity index (χ4n) is 4.95. The first-order chi connectivity index (χ1) is 16.5. The normalized spacial score (nSPS) is 15.0. The Kier molecular flexibility index (Phi) is 6.70. The first kappa shape index (κ1) is 22.7. The monoisotopic (exact) mass is 471 g/mol. The Hall–Kier alpha value is -3.08. The van der Waals surface area contributed by atoms with Gasteiger partial charge in [-0.2, -0.15) is 0 Å². The maximum absolute atomic E-state index is 12.8. The standard InChI is InChI=1S/C29H30ClN3O/c1-21-6-4-10-26(16-21)31-29(34)23-12-14-32(15-13-23)20-27-18-24-8-2-3-11-28(24)33(27)19-22-7-5-9-25(30)17-22/h2-11,16-18,23H,12-15,19-20H2,1H3,(H,31,34). The molecular weight excluding hydrogens is 442 g/mol. The molecule has 174 valence electrons. The summed E-state index contributed by atoms with van der Waals surface area (Å²) in [5.41, 5.74) is 5.77. The molecule has 5 heteroatoms. The molecule has 3 aromatic carbocycles. The van der Waals surface area contributed by atoms with Crippen molar-refractivity contribution in [1.29, 1.82) is 0 Å². The summed E-state index contributed by atoms with van der Waals surface area (Å²) in [6, 6.07) is 26.9. The van der Waals surface area contributed by atoms with Gasteiger partial charge in [0.15, 0.2) is 0 Å². The number of aromatic nitrogens is 1. The lowest BCUT2D eigenvalue weighted by atomic mass is 9.95. The lowest BCUT2D eigenvalue weighted by molar-refractivity contribution is -0.121. The van der Waals surface area contributed by atoms with Crippen LogP contribution in [0, 0.1) is 12.8 Å². The summed E-state index contributed by atoms with van der Waals surface area (Å²) < 4.78 is 2.40. The number of nitrogens with one attached hydrogen (secondary N) is 1. The zero-order chi connectivity index (χ0) is 23.5. The number of rotatable bonds is 6. The molecule has 1 aliphatic heterocycles. The summed E-state index contributed by atoms with van der Waals surface area (Å²) in [4.78, 5) is 15.3. The van der Waals surface area contributed by atoms with Crippen molar-refractivity contribution in [2.45, 2.75) is 32.9 Å². The number of anilines is 1. The molecule has 0 bridgehead atoms. The van der Waals surface area contributed by atoms with E-state index in [1.807, 2.05) is 49.4 Å². The molecule has 4 aromatic rings. The summed E-state index contributed by atoms with van der Waals surface area (Å²) in [6.45, 7) is 5.55. The van der Waals surface area contributed by atoms with Gasteiger partial charge in [-0.05, 0) is 85.8 Å². The van der Waals surface area contributed by atoms with E-state index in [9.17, 15) is 4.79 Å². The average molecular weight is 472 g/mol. The SMILES string of the molecule is Cc1cccc(NC(=O)C2CCN(Cc3cc4ccccc4n3Cc3cccc(Cl)c3)CC2)c1. The first-order valence-corrected chi connectivity index (χ1v) is 12.3. The Labute approximate surface area is 206 Å². The number of carbonyl (C=O) groups is 1. The Morgan fingerprint density at radius 1 is 0.941 bits per heavy atom. The number of fused-ring (bicyclic) bond motifs is 1. The highest BCUT2D eigenvalue weighted by atomic mass is 35.5. The van der Waals surface area contributed by atoms with Crippen molar-refractivity contribution in [3.05, 3.63) is 101 Å². The summed E-state index contributed by atoms with van der Waals surface area (Å²) in [5, 5.41) is 5.13. The molecular formula is C29H30ClN3O. The smallest absolute Gasteiger partial charge is 0.227 e. The highest BCUT2D eigenvalue weighted by Crippen LogP contribution is 2.26. The van der Waals surface area contributed by atoms with Gasteiger partial charge >= 0.3 is 0 Å². The van der Waals surface area contributed by atoms with Gasteiger partial charge in [0.25, 0.3) is 0 Å². The van der Waals surface area contributed by atoms with E-state index in [2.05, 4.69) is 51.2 Å². The van der Waals surface area contributed by atoms with Gasteiger partial charge in [0.2, 0.25) is 5.91 Å². The first-order valence-electron chi connectivity index (χ1n) is 12.0. The summed E-state index contributed by atoms with van der Waals surface area (Å²) >= 11 is 6.25. The Bertz CT molecular complexity index is 1300. The van der Waals surface area contributed by atoms with Gasteiger partial charge in [0.1, 0.15) is 0 Å². The lowest BCUT2D eigenvalue weighted by Gasteiger charge is -2.31. The topological polar surface area (TPSA) is 37.3 Å². The molecule has 2 heterocycles. The van der Waals surface area contributed by atoms with Crippen LogP contribution >= 0.6 is 11.6 Å². The second-order valence-corrected chi connectivity index (χ2v) is 9.76. The molecule has 0 aliphatic carbocycles. The molecule has 1 aromatic heterocycles. The number of hydrogen-bond acceptors (Lipinski definition) is 2. The van der Waals surface area contributed by atoms with E-state index in [-0.39, 0.29) is 11.8 Å². The number of likely N-dealkylation sites (tertiary alicyclic amines) is 1. The van der Waals surface area contributed by atoms with Gasteiger partial charge in [-0.15, -0.1) is 0 Å². The highest BCUT2D eigenvalue weighted by Gasteiger charge is 2.26. The van der Waals surface area contributed by atoms with E-state index < -0.39 is 0 Å². The second-order valence-electron chi connectivity index (χ2n) is 9.32. The minimum atomic E-state index is 0.0640. The van der Waals surface area contributed by atoms with Crippen molar-refractivity contribution < 1.29 is 4.79 Å². The van der Waals surface area contributed by atoms with Gasteiger partial charge < -0.3 is 9.88 Å². The van der Waals surface area contributed by atoms with E-state index in [1.165, 1.54) is 22.2 Å². The van der Waals surface area contributed by atoms with Crippen molar-refractivity contribution in [3.8, 4) is 0 Å². The van der Waals surface area contributed by atoms with E-state index in [1.54, 1.807) is 0 Å². The number of carbonyl (C=O) groups excluding carboxylic acids is 1. The van der Waals surface area contributed by atoms with E-state index >= 15 is 0 Å². The number of hydrogen-bond donors (Lipinski definition) is 1. The van der Waals surface area contributed by atoms with Crippen molar-refractivity contribution in [2.24, 2.45) is 5.92 Å². The molecule has 0 atom stereocenters. The molecule has 5 rings (SSSR count). The maximum Gasteiger partial charge on any atom is 0.227 e. The fraction of sp³-hybridized carbons (Fsp3) is 0.276. The van der Waals surface area contributed by atoms with Gasteiger partial charge in [0.05, 0.1) is 0 Å². The number of nitrogens with zero attached hydrogens (tertiary/aromatic N) is 2. The average Bonchev–Trinajstić information content (AvgIpc) is 3.16. The van der Waals surface area contributed by atoms with Gasteiger partial charge in [-0.1, -0.05) is 54.1 Å². The van der Waals surface area contributed by atoms with Crippen molar-refractivity contribution in [3.63, 3.8) is 0 Å². The molecule has 0 spiro atoms. The molecule has 0 unspecified atom stereocenters. The summed E-state index contributed by atoms with van der Waals surface area (Å²) in [6.07, 6.45) is 1.76. The molecule has 1 N–H and O–H groups in total. The van der Waals surface area contributed by atoms with Crippen LogP contribution in [0.2, 0.25) is 5.02 Å². The molecule has 1 amide bonds. The zero-order valence-electron chi connectivity index (χ0n) is 19.5. The quantitative estimate of drug-likeness (QED) is 0.348. The molecule has 4 nitrogen and oxygen atoms in total. The molecule has 0 saturated carbocycles. The van der Waals surface area contributed by atoms with Crippen molar-refractivity contribution in [1.82, 2.24) is 9.47 Å². The third kappa shape index (κ3) is 5.19. The molecule has 1 fully saturated rings. The van der Waals surface area contributed by atoms with Crippen molar-refractivity contribution >= 4 is 34.1 Å². The minimum absolute atomic E-state index is 0.0640. The number of piperidine rings is 1. The largest absolute Gasteiger partial charge is 0.339 e. The van der Waals surface area contributed by atoms with Crippen LogP contribution in [0.15, 0.2) is 78.9 Å². The predicted molar refractivity (Wildman–Crippen MR) is 140 cm³/mol. The van der Waals surface area contributed by atoms with Crippen LogP contribution in [0.4, 0.5) is 5.69 Å². The summed E-state index contributed by atoms with van der Waals surface area (Å²) in [7, 11) is 0. The number of benzene rings is 3. The number of amides is 1.